The number of likely N-dealkylation sites (N-methyl/N-ethyl adjacent to an activating group) is 2. The van der Waals surface area contributed by atoms with E-state index < -0.39 is 11.9 Å². The molecule has 4 heterocycles. The summed E-state index contributed by atoms with van der Waals surface area (Å²) in [5.41, 5.74) is 5.40. The lowest BCUT2D eigenvalue weighted by Gasteiger charge is -2.33. The molecule has 6 aromatic rings. The SMILES string of the molecule is CN(C)C(=O)Cc1ccc2c(OC(=O)C(=O)Oc3cn(C4CCN(CCc5ccc(F)cc5)CC4)c4cc(CC(=O)N(C)C)ccc34)cn(C3CCN(CCc4ccc(F)cc4)CC3)c2c1. The van der Waals surface area contributed by atoms with E-state index in [1.165, 1.54) is 24.3 Å². The molecule has 2 aliphatic rings. The van der Waals surface area contributed by atoms with E-state index >= 15 is 0 Å². The Kier molecular flexibility index (Phi) is 14.3. The van der Waals surface area contributed by atoms with E-state index in [2.05, 4.69) is 18.9 Å². The van der Waals surface area contributed by atoms with E-state index in [4.69, 9.17) is 9.47 Å². The molecule has 2 aliphatic heterocycles. The number of hydrogen-bond acceptors (Lipinski definition) is 8. The lowest BCUT2D eigenvalue weighted by molar-refractivity contribution is -0.156. The Labute approximate surface area is 384 Å². The molecule has 2 saturated heterocycles. The first-order valence-corrected chi connectivity index (χ1v) is 22.8. The first kappa shape index (κ1) is 46.2. The molecule has 66 heavy (non-hydrogen) atoms. The average Bonchev–Trinajstić information content (AvgIpc) is 3.85. The van der Waals surface area contributed by atoms with Crippen LogP contribution in [0.15, 0.2) is 97.3 Å². The van der Waals surface area contributed by atoms with Crippen LogP contribution in [0.25, 0.3) is 21.8 Å². The summed E-state index contributed by atoms with van der Waals surface area (Å²) in [5, 5.41) is 1.27. The summed E-state index contributed by atoms with van der Waals surface area (Å²) < 4.78 is 42.9. The third-order valence-corrected chi connectivity index (χ3v) is 13.2. The van der Waals surface area contributed by atoms with Gasteiger partial charge in [0.05, 0.1) is 23.9 Å². The fourth-order valence-electron chi connectivity index (χ4n) is 9.18. The highest BCUT2D eigenvalue weighted by Crippen LogP contribution is 2.37. The summed E-state index contributed by atoms with van der Waals surface area (Å²) in [6.07, 6.45) is 8.90. The first-order chi connectivity index (χ1) is 31.8. The molecule has 2 amide bonds. The zero-order valence-corrected chi connectivity index (χ0v) is 38.2. The summed E-state index contributed by atoms with van der Waals surface area (Å²) in [5.74, 6) is -2.47. The van der Waals surface area contributed by atoms with Gasteiger partial charge in [0.15, 0.2) is 11.5 Å². The second kappa shape index (κ2) is 20.4. The van der Waals surface area contributed by atoms with Gasteiger partial charge in [-0.1, -0.05) is 36.4 Å². The molecule has 0 N–H and O–H groups in total. The van der Waals surface area contributed by atoms with Crippen LogP contribution in [0.4, 0.5) is 8.78 Å². The molecule has 2 aromatic heterocycles. The van der Waals surface area contributed by atoms with Crippen LogP contribution < -0.4 is 9.47 Å². The lowest BCUT2D eigenvalue weighted by atomic mass is 10.0. The molecule has 0 radical (unpaired) electrons. The monoisotopic (exact) mass is 900 g/mol. The lowest BCUT2D eigenvalue weighted by Crippen LogP contribution is -2.35. The standard InChI is InChI=1S/C52H58F2N6O6/c1-55(2)49(61)31-37-9-15-43-45(29-37)59(41-19-25-57(26-20-41)23-17-35-5-11-39(53)12-6-35)33-47(43)65-51(63)52(64)66-48-34-60(46-30-38(10-16-44(46)48)32-50(62)56(3)4)42-21-27-58(28-22-42)24-18-36-7-13-40(54)14-8-36/h5-16,29-30,33-34,41-42H,17-28,31-32H2,1-4H3. The van der Waals surface area contributed by atoms with E-state index in [0.29, 0.717) is 10.8 Å². The molecule has 0 spiro atoms. The van der Waals surface area contributed by atoms with Crippen LogP contribution in [0.3, 0.4) is 0 Å². The van der Waals surface area contributed by atoms with E-state index in [1.54, 1.807) is 50.4 Å². The maximum absolute atomic E-state index is 13.7. The third-order valence-electron chi connectivity index (χ3n) is 13.2. The minimum Gasteiger partial charge on any atom is -0.416 e. The number of carbonyl (C=O) groups is 4. The van der Waals surface area contributed by atoms with Crippen molar-refractivity contribution in [3.05, 3.63) is 131 Å². The van der Waals surface area contributed by atoms with Crippen molar-refractivity contribution in [1.29, 1.82) is 0 Å². The van der Waals surface area contributed by atoms with Crippen LogP contribution in [0.1, 0.15) is 60.0 Å². The van der Waals surface area contributed by atoms with Gasteiger partial charge in [-0.3, -0.25) is 9.59 Å². The Morgan fingerprint density at radius 3 is 1.23 bits per heavy atom. The average molecular weight is 901 g/mol. The van der Waals surface area contributed by atoms with E-state index in [1.807, 2.05) is 60.7 Å². The number of carbonyl (C=O) groups excluding carboxylic acids is 4. The number of rotatable bonds is 14. The van der Waals surface area contributed by atoms with Crippen LogP contribution in [-0.4, -0.2) is 120 Å². The number of ether oxygens (including phenoxy) is 2. The van der Waals surface area contributed by atoms with Gasteiger partial charge in [-0.15, -0.1) is 0 Å². The number of piperidine rings is 2. The second-order valence-electron chi connectivity index (χ2n) is 18.1. The maximum atomic E-state index is 13.7. The summed E-state index contributed by atoms with van der Waals surface area (Å²) >= 11 is 0. The molecule has 346 valence electrons. The van der Waals surface area contributed by atoms with Gasteiger partial charge in [0.25, 0.3) is 0 Å². The fraction of sp³-hybridized carbons (Fsp3) is 0.385. The van der Waals surface area contributed by atoms with Crippen molar-refractivity contribution in [2.75, 3.05) is 67.5 Å². The van der Waals surface area contributed by atoms with Crippen molar-refractivity contribution >= 4 is 45.6 Å². The maximum Gasteiger partial charge on any atom is 0.423 e. The Morgan fingerprint density at radius 2 is 0.879 bits per heavy atom. The highest BCUT2D eigenvalue weighted by molar-refractivity contribution is 6.31. The predicted octanol–water partition coefficient (Wildman–Crippen LogP) is 7.41. The molecule has 8 rings (SSSR count). The Balaban J connectivity index is 0.989. The zero-order valence-electron chi connectivity index (χ0n) is 38.2. The van der Waals surface area contributed by atoms with Gasteiger partial charge in [-0.05, 0) is 109 Å². The quantitative estimate of drug-likeness (QED) is 0.0823. The van der Waals surface area contributed by atoms with Crippen molar-refractivity contribution in [2.45, 2.75) is 63.5 Å². The number of nitrogens with zero attached hydrogens (tertiary/aromatic N) is 6. The molecule has 0 bridgehead atoms. The molecule has 0 aliphatic carbocycles. The van der Waals surface area contributed by atoms with Crippen LogP contribution in [-0.2, 0) is 44.9 Å². The van der Waals surface area contributed by atoms with Crippen molar-refractivity contribution in [3.8, 4) is 11.5 Å². The number of benzene rings is 4. The predicted molar refractivity (Wildman–Crippen MR) is 250 cm³/mol. The number of likely N-dealkylation sites (tertiary alicyclic amines) is 2. The number of fused-ring (bicyclic) bond motifs is 2. The normalized spacial score (nSPS) is 15.3. The van der Waals surface area contributed by atoms with Crippen LogP contribution in [0, 0.1) is 11.6 Å². The molecule has 0 atom stereocenters. The summed E-state index contributed by atoms with van der Waals surface area (Å²) in [6, 6.07) is 24.6. The molecule has 14 heteroatoms. The Hall–Kier alpha value is -6.38. The van der Waals surface area contributed by atoms with Crippen LogP contribution in [0.2, 0.25) is 0 Å². The van der Waals surface area contributed by atoms with Crippen molar-refractivity contribution in [1.82, 2.24) is 28.7 Å². The highest BCUT2D eigenvalue weighted by Gasteiger charge is 2.29. The first-order valence-electron chi connectivity index (χ1n) is 22.8. The number of halogens is 2. The van der Waals surface area contributed by atoms with E-state index in [0.717, 1.165) is 111 Å². The summed E-state index contributed by atoms with van der Waals surface area (Å²) in [6.45, 7) is 5.05. The minimum absolute atomic E-state index is 0.0417. The van der Waals surface area contributed by atoms with Gasteiger partial charge in [-0.2, -0.15) is 0 Å². The largest absolute Gasteiger partial charge is 0.423 e. The minimum atomic E-state index is -1.17. The molecule has 0 unspecified atom stereocenters. The molecular weight excluding hydrogens is 843 g/mol. The third kappa shape index (κ3) is 11.0. The van der Waals surface area contributed by atoms with Gasteiger partial charge >= 0.3 is 11.9 Å². The van der Waals surface area contributed by atoms with E-state index in [-0.39, 0.29) is 59.9 Å². The second-order valence-corrected chi connectivity index (χ2v) is 18.1. The van der Waals surface area contributed by atoms with Crippen molar-refractivity contribution in [2.24, 2.45) is 0 Å². The van der Waals surface area contributed by atoms with Gasteiger partial charge in [0, 0.05) is 103 Å². The number of esters is 2. The van der Waals surface area contributed by atoms with Crippen molar-refractivity contribution in [3.63, 3.8) is 0 Å². The fourth-order valence-corrected chi connectivity index (χ4v) is 9.18. The van der Waals surface area contributed by atoms with Crippen LogP contribution >= 0.6 is 0 Å². The van der Waals surface area contributed by atoms with E-state index in [9.17, 15) is 28.0 Å². The van der Waals surface area contributed by atoms with Crippen molar-refractivity contribution < 1.29 is 37.4 Å². The molecule has 4 aromatic carbocycles. The van der Waals surface area contributed by atoms with Gasteiger partial charge in [0.1, 0.15) is 11.6 Å². The zero-order chi connectivity index (χ0) is 46.5. The van der Waals surface area contributed by atoms with Gasteiger partial charge in [0.2, 0.25) is 11.8 Å². The Morgan fingerprint density at radius 1 is 0.530 bits per heavy atom. The Bertz CT molecular complexity index is 2510. The molecule has 0 saturated carbocycles. The number of hydrogen-bond donors (Lipinski definition) is 0. The van der Waals surface area contributed by atoms with Gasteiger partial charge < -0.3 is 38.2 Å². The van der Waals surface area contributed by atoms with Crippen LogP contribution in [0.5, 0.6) is 11.5 Å². The number of amides is 2. The molecular formula is C52H58F2N6O6. The van der Waals surface area contributed by atoms with Gasteiger partial charge in [-0.25, -0.2) is 18.4 Å². The topological polar surface area (TPSA) is 110 Å². The molecule has 12 nitrogen and oxygen atoms in total. The summed E-state index contributed by atoms with van der Waals surface area (Å²) in [4.78, 5) is 60.8. The number of aromatic nitrogens is 2. The summed E-state index contributed by atoms with van der Waals surface area (Å²) in [7, 11) is 6.88. The smallest absolute Gasteiger partial charge is 0.416 e. The highest BCUT2D eigenvalue weighted by atomic mass is 19.1. The molecule has 2 fully saturated rings.